The number of primary amides is 1. The molecule has 0 spiro atoms. The van der Waals surface area contributed by atoms with Gasteiger partial charge in [0.15, 0.2) is 0 Å². The number of amides is 2. The highest BCUT2D eigenvalue weighted by molar-refractivity contribution is 5.95. The summed E-state index contributed by atoms with van der Waals surface area (Å²) >= 11 is 0. The molecule has 4 rings (SSSR count). The number of aliphatic hydroxyl groups excluding tert-OH is 1. The number of rotatable bonds is 6. The number of fused-ring (bicyclic) bond motifs is 1. The number of nitrogens with two attached hydrogens (primary N) is 1. The Balaban J connectivity index is 1.64. The highest BCUT2D eigenvalue weighted by Gasteiger charge is 2.20. The summed E-state index contributed by atoms with van der Waals surface area (Å²) in [7, 11) is 1.58. The molecule has 2 amide bonds. The Morgan fingerprint density at radius 1 is 1.03 bits per heavy atom. The summed E-state index contributed by atoms with van der Waals surface area (Å²) in [4.78, 5) is 27.4. The van der Waals surface area contributed by atoms with Crippen LogP contribution >= 0.6 is 0 Å². The van der Waals surface area contributed by atoms with Gasteiger partial charge in [0.25, 0.3) is 5.91 Å². The number of carbonyl (C=O) groups is 2. The number of H-pyrrole nitrogens is 1. The lowest BCUT2D eigenvalue weighted by atomic mass is 9.88. The highest BCUT2D eigenvalue weighted by Crippen LogP contribution is 2.28. The fourth-order valence-corrected chi connectivity index (χ4v) is 4.07. The van der Waals surface area contributed by atoms with Crippen LogP contribution in [0.4, 0.5) is 0 Å². The molecule has 34 heavy (non-hydrogen) atoms. The van der Waals surface area contributed by atoms with Gasteiger partial charge < -0.3 is 21.1 Å². The number of hydrogen-bond acceptors (Lipinski definition) is 3. The summed E-state index contributed by atoms with van der Waals surface area (Å²) in [5.41, 5.74) is 10.6. The maximum Gasteiger partial charge on any atom is 0.251 e. The molecule has 0 aliphatic carbocycles. The number of carbonyl (C=O) groups excluding carboxylic acids is 2. The fourth-order valence-electron chi connectivity index (χ4n) is 4.07. The van der Waals surface area contributed by atoms with E-state index in [-0.39, 0.29) is 18.4 Å². The van der Waals surface area contributed by atoms with Gasteiger partial charge in [0.1, 0.15) is 0 Å². The van der Waals surface area contributed by atoms with Crippen LogP contribution in [0.15, 0.2) is 72.9 Å². The minimum Gasteiger partial charge on any atom is -0.396 e. The first-order valence-corrected chi connectivity index (χ1v) is 10.9. The maximum atomic E-state index is 12.3. The second-order valence-electron chi connectivity index (χ2n) is 8.02. The minimum absolute atomic E-state index is 0.128. The molecule has 0 aliphatic heterocycles. The average molecular weight is 452 g/mol. The Morgan fingerprint density at radius 3 is 2.53 bits per heavy atom. The molecule has 5 N–H and O–H groups in total. The Kier molecular flexibility index (Phi) is 6.77. The Labute approximate surface area is 197 Å². The smallest absolute Gasteiger partial charge is 0.251 e. The predicted octanol–water partition coefficient (Wildman–Crippen LogP) is 3.34. The molecule has 3 aromatic carbocycles. The summed E-state index contributed by atoms with van der Waals surface area (Å²) in [6.07, 6.45) is 2.49. The Morgan fingerprint density at radius 2 is 1.79 bits per heavy atom. The fraction of sp³-hybridized carbons (Fsp3) is 0.143. The second-order valence-corrected chi connectivity index (χ2v) is 8.02. The quantitative estimate of drug-likeness (QED) is 0.338. The molecule has 0 unspecified atom stereocenters. The molecule has 0 saturated carbocycles. The zero-order valence-electron chi connectivity index (χ0n) is 18.8. The van der Waals surface area contributed by atoms with Gasteiger partial charge in [0.05, 0.1) is 6.61 Å². The van der Waals surface area contributed by atoms with Crippen LogP contribution in [0, 0.1) is 11.8 Å². The van der Waals surface area contributed by atoms with Gasteiger partial charge in [0.2, 0.25) is 5.91 Å². The molecule has 0 fully saturated rings. The van der Waals surface area contributed by atoms with Gasteiger partial charge in [-0.2, -0.15) is 0 Å². The van der Waals surface area contributed by atoms with Crippen LogP contribution in [0.5, 0.6) is 0 Å². The van der Waals surface area contributed by atoms with E-state index in [0.717, 1.165) is 16.5 Å². The molecular weight excluding hydrogens is 426 g/mol. The van der Waals surface area contributed by atoms with Crippen LogP contribution in [0.2, 0.25) is 0 Å². The third-order valence-corrected chi connectivity index (χ3v) is 5.82. The molecule has 1 aromatic heterocycles. The van der Waals surface area contributed by atoms with Gasteiger partial charge in [0, 0.05) is 52.3 Å². The monoisotopic (exact) mass is 451 g/mol. The summed E-state index contributed by atoms with van der Waals surface area (Å²) in [5.74, 6) is 5.01. The standard InChI is InChI=1S/C28H25N3O3/c1-30-28(34)20-6-4-5-18(13-20)9-10-19-11-12-23(25(14-19)27(29)33)22(17-32)15-21-16-31-26-8-3-2-7-24(21)26/h2-8,11-14,16,22,31-32H,15,17H2,1H3,(H2,29,33)(H,30,34)/t22-/m0/s1. The minimum atomic E-state index is -0.572. The molecule has 1 heterocycles. The largest absolute Gasteiger partial charge is 0.396 e. The van der Waals surface area contributed by atoms with Crippen LogP contribution < -0.4 is 11.1 Å². The Bertz CT molecular complexity index is 1430. The summed E-state index contributed by atoms with van der Waals surface area (Å²) < 4.78 is 0. The van der Waals surface area contributed by atoms with E-state index in [1.165, 1.54) is 0 Å². The van der Waals surface area contributed by atoms with Gasteiger partial charge in [-0.05, 0) is 53.9 Å². The molecule has 6 heteroatoms. The first-order chi connectivity index (χ1) is 16.5. The van der Waals surface area contributed by atoms with E-state index >= 15 is 0 Å². The normalized spacial score (nSPS) is 11.5. The van der Waals surface area contributed by atoms with E-state index < -0.39 is 5.91 Å². The first kappa shape index (κ1) is 22.8. The van der Waals surface area contributed by atoms with Crippen LogP contribution in [0.25, 0.3) is 10.9 Å². The Hall–Kier alpha value is -4.34. The molecule has 0 radical (unpaired) electrons. The number of aromatic amines is 1. The van der Waals surface area contributed by atoms with Crippen molar-refractivity contribution in [2.24, 2.45) is 5.73 Å². The van der Waals surface area contributed by atoms with E-state index in [1.54, 1.807) is 37.4 Å². The molecule has 4 aromatic rings. The second kappa shape index (κ2) is 10.1. The zero-order chi connectivity index (χ0) is 24.1. The van der Waals surface area contributed by atoms with Crippen molar-refractivity contribution in [3.8, 4) is 11.8 Å². The topological polar surface area (TPSA) is 108 Å². The number of aromatic nitrogens is 1. The van der Waals surface area contributed by atoms with E-state index in [4.69, 9.17) is 5.73 Å². The third-order valence-electron chi connectivity index (χ3n) is 5.82. The van der Waals surface area contributed by atoms with Crippen molar-refractivity contribution in [1.29, 1.82) is 0 Å². The molecule has 0 aliphatic rings. The number of para-hydroxylation sites is 1. The molecule has 6 nitrogen and oxygen atoms in total. The summed E-state index contributed by atoms with van der Waals surface area (Å²) in [5, 5.41) is 13.8. The van der Waals surface area contributed by atoms with Crippen LogP contribution in [-0.2, 0) is 6.42 Å². The molecule has 0 bridgehead atoms. The van der Waals surface area contributed by atoms with Gasteiger partial charge in [-0.15, -0.1) is 0 Å². The lowest BCUT2D eigenvalue weighted by molar-refractivity contribution is 0.0961. The average Bonchev–Trinajstić information content (AvgIpc) is 3.28. The van der Waals surface area contributed by atoms with Crippen molar-refractivity contribution in [2.45, 2.75) is 12.3 Å². The highest BCUT2D eigenvalue weighted by atomic mass is 16.3. The zero-order valence-corrected chi connectivity index (χ0v) is 18.8. The van der Waals surface area contributed by atoms with Gasteiger partial charge in [-0.25, -0.2) is 0 Å². The van der Waals surface area contributed by atoms with Crippen molar-refractivity contribution in [3.63, 3.8) is 0 Å². The third kappa shape index (κ3) is 4.85. The lowest BCUT2D eigenvalue weighted by Gasteiger charge is -2.17. The summed E-state index contributed by atoms with van der Waals surface area (Å²) in [6.45, 7) is -0.128. The van der Waals surface area contributed by atoms with Crippen LogP contribution in [0.1, 0.15) is 48.9 Å². The first-order valence-electron chi connectivity index (χ1n) is 10.9. The molecule has 1 atom stereocenters. The maximum absolute atomic E-state index is 12.3. The van der Waals surface area contributed by atoms with E-state index in [2.05, 4.69) is 22.1 Å². The number of benzene rings is 3. The lowest BCUT2D eigenvalue weighted by Crippen LogP contribution is -2.18. The predicted molar refractivity (Wildman–Crippen MR) is 133 cm³/mol. The SMILES string of the molecule is CNC(=O)c1cccc(C#Cc2ccc([C@H](CO)Cc3c[nH]c4ccccc34)c(C(N)=O)c2)c1. The van der Waals surface area contributed by atoms with E-state index in [9.17, 15) is 14.7 Å². The van der Waals surface area contributed by atoms with Crippen molar-refractivity contribution in [2.75, 3.05) is 13.7 Å². The summed E-state index contributed by atoms with van der Waals surface area (Å²) in [6, 6.07) is 20.2. The van der Waals surface area contributed by atoms with Crippen LogP contribution in [0.3, 0.4) is 0 Å². The van der Waals surface area contributed by atoms with E-state index in [1.807, 2.05) is 42.6 Å². The number of hydrogen-bond donors (Lipinski definition) is 4. The number of aliphatic hydroxyl groups is 1. The van der Waals surface area contributed by atoms with Gasteiger partial charge in [-0.3, -0.25) is 9.59 Å². The molecule has 0 saturated heterocycles. The van der Waals surface area contributed by atoms with E-state index in [0.29, 0.717) is 34.2 Å². The van der Waals surface area contributed by atoms with Gasteiger partial charge >= 0.3 is 0 Å². The van der Waals surface area contributed by atoms with Crippen molar-refractivity contribution >= 4 is 22.7 Å². The van der Waals surface area contributed by atoms with Crippen molar-refractivity contribution < 1.29 is 14.7 Å². The van der Waals surface area contributed by atoms with Crippen molar-refractivity contribution in [3.05, 3.63) is 106 Å². The van der Waals surface area contributed by atoms with Gasteiger partial charge in [-0.1, -0.05) is 42.2 Å². The molecular formula is C28H25N3O3. The van der Waals surface area contributed by atoms with Crippen molar-refractivity contribution in [1.82, 2.24) is 10.3 Å². The number of nitrogens with one attached hydrogen (secondary N) is 2. The molecule has 170 valence electrons. The van der Waals surface area contributed by atoms with Crippen LogP contribution in [-0.4, -0.2) is 35.6 Å².